The molecule has 2 amide bonds. The molecule has 6 nitrogen and oxygen atoms in total. The summed E-state index contributed by atoms with van der Waals surface area (Å²) in [5, 5.41) is 9.46. The molecule has 1 aliphatic heterocycles. The third-order valence-corrected chi connectivity index (χ3v) is 3.96. The zero-order valence-corrected chi connectivity index (χ0v) is 10.3. The fraction of sp³-hybridized carbons (Fsp3) is 0.385. The zero-order valence-electron chi connectivity index (χ0n) is 10.3. The molecule has 98 valence electrons. The van der Waals surface area contributed by atoms with Crippen LogP contribution in [0.25, 0.3) is 0 Å². The number of carbonyl (C=O) groups is 3. The Kier molecular flexibility index (Phi) is 2.26. The molecule has 1 aliphatic carbocycles. The van der Waals surface area contributed by atoms with E-state index in [-0.39, 0.29) is 17.0 Å². The maximum atomic E-state index is 12.3. The van der Waals surface area contributed by atoms with Gasteiger partial charge in [0, 0.05) is 12.4 Å². The predicted molar refractivity (Wildman–Crippen MR) is 63.5 cm³/mol. The van der Waals surface area contributed by atoms with Crippen molar-refractivity contribution in [1.29, 1.82) is 0 Å². The number of nitrogens with zero attached hydrogens (tertiary/aromatic N) is 2. The number of carboxylic acid groups (broad SMARTS) is 1. The standard InChI is InChI=1S/C13H12N2O4/c1-13(12(18)19,7-2-3-7)15-10(16)8-4-5-14-6-9(8)11(15)17/h4-7H,2-3H2,1H3,(H,18,19). The second kappa shape index (κ2) is 3.63. The van der Waals surface area contributed by atoms with Crippen molar-refractivity contribution in [3.05, 3.63) is 29.6 Å². The van der Waals surface area contributed by atoms with E-state index in [4.69, 9.17) is 0 Å². The molecule has 0 spiro atoms. The van der Waals surface area contributed by atoms with Crippen LogP contribution < -0.4 is 0 Å². The molecule has 1 unspecified atom stereocenters. The van der Waals surface area contributed by atoms with Crippen LogP contribution in [0.15, 0.2) is 18.5 Å². The summed E-state index contributed by atoms with van der Waals surface area (Å²) in [4.78, 5) is 40.9. The van der Waals surface area contributed by atoms with Gasteiger partial charge in [0.25, 0.3) is 11.8 Å². The summed E-state index contributed by atoms with van der Waals surface area (Å²) in [6.45, 7) is 1.45. The van der Waals surface area contributed by atoms with Crippen molar-refractivity contribution in [1.82, 2.24) is 9.88 Å². The van der Waals surface area contributed by atoms with Crippen LogP contribution in [0, 0.1) is 5.92 Å². The number of rotatable bonds is 3. The predicted octanol–water partition coefficient (Wildman–Crippen LogP) is 0.931. The maximum Gasteiger partial charge on any atom is 0.330 e. The lowest BCUT2D eigenvalue weighted by Gasteiger charge is -2.33. The van der Waals surface area contributed by atoms with Crippen LogP contribution in [0.2, 0.25) is 0 Å². The van der Waals surface area contributed by atoms with Gasteiger partial charge in [0.15, 0.2) is 0 Å². The first-order valence-electron chi connectivity index (χ1n) is 6.04. The monoisotopic (exact) mass is 260 g/mol. The average Bonchev–Trinajstić information content (AvgIpc) is 3.19. The SMILES string of the molecule is CC(C(=O)O)(C1CC1)N1C(=O)c2ccncc2C1=O. The first kappa shape index (κ1) is 11.8. The minimum absolute atomic E-state index is 0.167. The number of pyridine rings is 1. The normalized spacial score (nSPS) is 21.2. The van der Waals surface area contributed by atoms with Crippen molar-refractivity contribution in [2.75, 3.05) is 0 Å². The molecule has 0 aromatic carbocycles. The van der Waals surface area contributed by atoms with Gasteiger partial charge in [0.2, 0.25) is 0 Å². The number of aliphatic carboxylic acids is 1. The molecule has 0 bridgehead atoms. The topological polar surface area (TPSA) is 87.6 Å². The van der Waals surface area contributed by atoms with Crippen LogP contribution in [0.3, 0.4) is 0 Å². The minimum atomic E-state index is -1.47. The average molecular weight is 260 g/mol. The first-order chi connectivity index (χ1) is 8.98. The molecular weight excluding hydrogens is 248 g/mol. The van der Waals surface area contributed by atoms with E-state index in [1.54, 1.807) is 0 Å². The van der Waals surface area contributed by atoms with E-state index in [0.29, 0.717) is 12.8 Å². The Morgan fingerprint density at radius 1 is 1.37 bits per heavy atom. The molecule has 1 fully saturated rings. The summed E-state index contributed by atoms with van der Waals surface area (Å²) < 4.78 is 0. The van der Waals surface area contributed by atoms with Gasteiger partial charge in [-0.15, -0.1) is 0 Å². The van der Waals surface area contributed by atoms with Crippen molar-refractivity contribution in [2.45, 2.75) is 25.3 Å². The van der Waals surface area contributed by atoms with E-state index in [0.717, 1.165) is 4.90 Å². The third kappa shape index (κ3) is 1.43. The van der Waals surface area contributed by atoms with Gasteiger partial charge in [-0.2, -0.15) is 0 Å². The largest absolute Gasteiger partial charge is 0.479 e. The summed E-state index contributed by atoms with van der Waals surface area (Å²) >= 11 is 0. The van der Waals surface area contributed by atoms with Gasteiger partial charge in [0.1, 0.15) is 5.54 Å². The minimum Gasteiger partial charge on any atom is -0.479 e. The molecule has 0 radical (unpaired) electrons. The van der Waals surface area contributed by atoms with Gasteiger partial charge >= 0.3 is 5.97 Å². The van der Waals surface area contributed by atoms with Crippen LogP contribution in [0.1, 0.15) is 40.5 Å². The molecule has 1 N–H and O–H groups in total. The number of aromatic nitrogens is 1. The molecular formula is C13H12N2O4. The molecule has 19 heavy (non-hydrogen) atoms. The van der Waals surface area contributed by atoms with Crippen molar-refractivity contribution in [2.24, 2.45) is 5.92 Å². The van der Waals surface area contributed by atoms with Gasteiger partial charge in [0.05, 0.1) is 11.1 Å². The Labute approximate surface area is 109 Å². The quantitative estimate of drug-likeness (QED) is 0.817. The number of hydrogen-bond donors (Lipinski definition) is 1. The highest BCUT2D eigenvalue weighted by Crippen LogP contribution is 2.45. The molecule has 1 saturated carbocycles. The number of imide groups is 1. The first-order valence-corrected chi connectivity index (χ1v) is 6.04. The molecule has 2 aliphatic rings. The smallest absolute Gasteiger partial charge is 0.330 e. The number of amides is 2. The van der Waals surface area contributed by atoms with Gasteiger partial charge in [-0.1, -0.05) is 0 Å². The van der Waals surface area contributed by atoms with Crippen molar-refractivity contribution < 1.29 is 19.5 Å². The van der Waals surface area contributed by atoms with Crippen LogP contribution >= 0.6 is 0 Å². The number of fused-ring (bicyclic) bond motifs is 1. The summed E-state index contributed by atoms with van der Waals surface area (Å²) in [7, 11) is 0. The highest BCUT2D eigenvalue weighted by Gasteiger charge is 2.58. The Morgan fingerprint density at radius 3 is 2.53 bits per heavy atom. The summed E-state index contributed by atoms with van der Waals surface area (Å²) in [6.07, 6.45) is 4.16. The highest BCUT2D eigenvalue weighted by molar-refractivity contribution is 6.23. The Hall–Kier alpha value is -2.24. The van der Waals surface area contributed by atoms with Gasteiger partial charge in [-0.3, -0.25) is 19.5 Å². The Morgan fingerprint density at radius 2 is 2.00 bits per heavy atom. The zero-order chi connectivity index (χ0) is 13.8. The number of carbonyl (C=O) groups excluding carboxylic acids is 2. The fourth-order valence-electron chi connectivity index (χ4n) is 2.60. The molecule has 1 aromatic rings. The van der Waals surface area contributed by atoms with Crippen LogP contribution in [0.5, 0.6) is 0 Å². The Balaban J connectivity index is 2.11. The molecule has 1 aromatic heterocycles. The van der Waals surface area contributed by atoms with Crippen LogP contribution in [-0.2, 0) is 4.79 Å². The lowest BCUT2D eigenvalue weighted by atomic mass is 9.93. The lowest BCUT2D eigenvalue weighted by Crippen LogP contribution is -2.56. The van der Waals surface area contributed by atoms with Crippen molar-refractivity contribution >= 4 is 17.8 Å². The van der Waals surface area contributed by atoms with Gasteiger partial charge in [-0.05, 0) is 31.7 Å². The van der Waals surface area contributed by atoms with E-state index >= 15 is 0 Å². The summed E-state index contributed by atoms with van der Waals surface area (Å²) in [5.41, 5.74) is -1.05. The van der Waals surface area contributed by atoms with E-state index in [9.17, 15) is 19.5 Å². The van der Waals surface area contributed by atoms with Crippen LogP contribution in [0.4, 0.5) is 0 Å². The summed E-state index contributed by atoms with van der Waals surface area (Å²) in [6, 6.07) is 1.45. The lowest BCUT2D eigenvalue weighted by molar-refractivity contribution is -0.148. The van der Waals surface area contributed by atoms with E-state index < -0.39 is 23.3 Å². The maximum absolute atomic E-state index is 12.3. The van der Waals surface area contributed by atoms with Gasteiger partial charge < -0.3 is 5.11 Å². The molecule has 2 heterocycles. The summed E-state index contributed by atoms with van der Waals surface area (Å²) in [5.74, 6) is -2.42. The fourth-order valence-corrected chi connectivity index (χ4v) is 2.60. The second-order valence-corrected chi connectivity index (χ2v) is 5.09. The Bertz CT molecular complexity index is 573. The molecule has 3 rings (SSSR count). The van der Waals surface area contributed by atoms with Crippen LogP contribution in [-0.4, -0.2) is 38.3 Å². The van der Waals surface area contributed by atoms with E-state index in [1.165, 1.54) is 25.4 Å². The highest BCUT2D eigenvalue weighted by atomic mass is 16.4. The number of hydrogen-bond acceptors (Lipinski definition) is 4. The molecule has 1 atom stereocenters. The van der Waals surface area contributed by atoms with E-state index in [1.807, 2.05) is 0 Å². The molecule has 6 heteroatoms. The molecule has 0 saturated heterocycles. The van der Waals surface area contributed by atoms with Crippen molar-refractivity contribution in [3.63, 3.8) is 0 Å². The van der Waals surface area contributed by atoms with E-state index in [2.05, 4.69) is 4.98 Å². The van der Waals surface area contributed by atoms with Gasteiger partial charge in [-0.25, -0.2) is 4.79 Å². The number of carboxylic acids is 1. The van der Waals surface area contributed by atoms with Crippen molar-refractivity contribution in [3.8, 4) is 0 Å². The third-order valence-electron chi connectivity index (χ3n) is 3.96. The second-order valence-electron chi connectivity index (χ2n) is 5.09.